The first kappa shape index (κ1) is 23.8. The average Bonchev–Trinajstić information content (AvgIpc) is 3.58. The highest BCUT2D eigenvalue weighted by molar-refractivity contribution is 6.07. The van der Waals surface area contributed by atoms with Crippen LogP contribution in [0.4, 0.5) is 5.69 Å². The lowest BCUT2D eigenvalue weighted by Crippen LogP contribution is -2.26. The number of hydrogen-bond acceptors (Lipinski definition) is 6. The summed E-state index contributed by atoms with van der Waals surface area (Å²) >= 11 is 0. The van der Waals surface area contributed by atoms with Crippen LogP contribution in [0.1, 0.15) is 51.3 Å². The standard InChI is InChI=1S/C25H28N6O4/c1-4-5-17-6-8-19(9-7-17)34-16-20-10-11-22(35-20)24(32)29-21-14-28-31(3)23(21)25(33)26-12-18-13-27-30(2)15-18/h6-11,13-15H,4-5,12,16H2,1-3H3,(H,26,33)(H,29,32). The summed E-state index contributed by atoms with van der Waals surface area (Å²) in [5.41, 5.74) is 2.62. The molecule has 182 valence electrons. The Balaban J connectivity index is 1.35. The molecule has 0 aliphatic rings. The van der Waals surface area contributed by atoms with Crippen molar-refractivity contribution in [2.75, 3.05) is 5.32 Å². The third kappa shape index (κ3) is 5.97. The minimum Gasteiger partial charge on any atom is -0.486 e. The van der Waals surface area contributed by atoms with Crippen molar-refractivity contribution in [2.24, 2.45) is 14.1 Å². The van der Waals surface area contributed by atoms with Crippen LogP contribution in [0.3, 0.4) is 0 Å². The van der Waals surface area contributed by atoms with E-state index in [1.807, 2.05) is 30.5 Å². The molecule has 0 aliphatic carbocycles. The number of nitrogens with zero attached hydrogens (tertiary/aromatic N) is 4. The Bertz CT molecular complexity index is 1300. The molecule has 2 amide bonds. The Morgan fingerprint density at radius 2 is 1.80 bits per heavy atom. The van der Waals surface area contributed by atoms with Gasteiger partial charge in [-0.3, -0.25) is 19.0 Å². The minimum absolute atomic E-state index is 0.104. The molecule has 2 N–H and O–H groups in total. The van der Waals surface area contributed by atoms with E-state index in [1.165, 1.54) is 16.4 Å². The van der Waals surface area contributed by atoms with E-state index < -0.39 is 5.91 Å². The first-order valence-electron chi connectivity index (χ1n) is 11.3. The molecule has 0 radical (unpaired) electrons. The number of rotatable bonds is 10. The predicted octanol–water partition coefficient (Wildman–Crippen LogP) is 3.46. The number of aromatic nitrogens is 4. The smallest absolute Gasteiger partial charge is 0.291 e. The summed E-state index contributed by atoms with van der Waals surface area (Å²) in [7, 11) is 3.43. The molecular weight excluding hydrogens is 448 g/mol. The highest BCUT2D eigenvalue weighted by Crippen LogP contribution is 2.19. The van der Waals surface area contributed by atoms with Crippen molar-refractivity contribution in [3.8, 4) is 5.75 Å². The van der Waals surface area contributed by atoms with Crippen molar-refractivity contribution in [1.82, 2.24) is 24.9 Å². The van der Waals surface area contributed by atoms with Crippen molar-refractivity contribution in [3.05, 3.63) is 83.3 Å². The van der Waals surface area contributed by atoms with Crippen LogP contribution in [0.2, 0.25) is 0 Å². The average molecular weight is 477 g/mol. The second-order valence-electron chi connectivity index (χ2n) is 8.14. The van der Waals surface area contributed by atoms with Gasteiger partial charge in [-0.2, -0.15) is 10.2 Å². The molecule has 0 unspecified atom stereocenters. The molecule has 1 aromatic carbocycles. The fraction of sp³-hybridized carbons (Fsp3) is 0.280. The zero-order chi connectivity index (χ0) is 24.8. The molecule has 0 bridgehead atoms. The van der Waals surface area contributed by atoms with Crippen LogP contribution in [-0.4, -0.2) is 31.4 Å². The van der Waals surface area contributed by atoms with E-state index in [0.717, 1.165) is 24.2 Å². The molecule has 0 saturated carbocycles. The van der Waals surface area contributed by atoms with E-state index >= 15 is 0 Å². The van der Waals surface area contributed by atoms with E-state index in [9.17, 15) is 9.59 Å². The highest BCUT2D eigenvalue weighted by Gasteiger charge is 2.21. The van der Waals surface area contributed by atoms with Crippen molar-refractivity contribution in [1.29, 1.82) is 0 Å². The number of carbonyl (C=O) groups is 2. The monoisotopic (exact) mass is 476 g/mol. The zero-order valence-corrected chi connectivity index (χ0v) is 19.9. The zero-order valence-electron chi connectivity index (χ0n) is 19.9. The summed E-state index contributed by atoms with van der Waals surface area (Å²) in [6.07, 6.45) is 7.03. The lowest BCUT2D eigenvalue weighted by atomic mass is 10.1. The fourth-order valence-corrected chi connectivity index (χ4v) is 3.58. The summed E-state index contributed by atoms with van der Waals surface area (Å²) in [5, 5.41) is 13.7. The summed E-state index contributed by atoms with van der Waals surface area (Å²) in [6.45, 7) is 2.63. The van der Waals surface area contributed by atoms with Crippen molar-refractivity contribution < 1.29 is 18.7 Å². The summed E-state index contributed by atoms with van der Waals surface area (Å²) in [4.78, 5) is 25.5. The minimum atomic E-state index is -0.491. The molecule has 0 aliphatic heterocycles. The van der Waals surface area contributed by atoms with E-state index in [2.05, 4.69) is 27.8 Å². The Kier molecular flexibility index (Phi) is 7.30. The van der Waals surface area contributed by atoms with E-state index in [-0.39, 0.29) is 29.7 Å². The molecule has 4 aromatic rings. The molecule has 10 nitrogen and oxygen atoms in total. The van der Waals surface area contributed by atoms with Crippen LogP contribution in [0, 0.1) is 0 Å². The Labute approximate surface area is 202 Å². The van der Waals surface area contributed by atoms with Crippen LogP contribution in [0.15, 0.2) is 59.4 Å². The quantitative estimate of drug-likeness (QED) is 0.362. The van der Waals surface area contributed by atoms with Gasteiger partial charge in [-0.25, -0.2) is 0 Å². The number of hydrogen-bond donors (Lipinski definition) is 2. The number of benzene rings is 1. The number of furan rings is 1. The van der Waals surface area contributed by atoms with Crippen molar-refractivity contribution in [2.45, 2.75) is 32.9 Å². The Morgan fingerprint density at radius 3 is 2.51 bits per heavy atom. The number of anilines is 1. The highest BCUT2D eigenvalue weighted by atomic mass is 16.5. The number of aryl methyl sites for hydroxylation is 3. The van der Waals surface area contributed by atoms with Gasteiger partial charge in [0, 0.05) is 32.4 Å². The predicted molar refractivity (Wildman–Crippen MR) is 129 cm³/mol. The van der Waals surface area contributed by atoms with Crippen molar-refractivity contribution >= 4 is 17.5 Å². The molecule has 4 rings (SSSR count). The fourth-order valence-electron chi connectivity index (χ4n) is 3.58. The number of carbonyl (C=O) groups excluding carboxylic acids is 2. The van der Waals surface area contributed by atoms with Crippen LogP contribution in [0.25, 0.3) is 0 Å². The van der Waals surface area contributed by atoms with Gasteiger partial charge in [0.15, 0.2) is 5.76 Å². The molecule has 0 fully saturated rings. The van der Waals surface area contributed by atoms with Gasteiger partial charge in [-0.1, -0.05) is 25.5 Å². The molecule has 0 spiro atoms. The van der Waals surface area contributed by atoms with Crippen LogP contribution < -0.4 is 15.4 Å². The second-order valence-corrected chi connectivity index (χ2v) is 8.14. The number of amides is 2. The number of nitrogens with one attached hydrogen (secondary N) is 2. The third-order valence-corrected chi connectivity index (χ3v) is 5.34. The molecule has 3 heterocycles. The Morgan fingerprint density at radius 1 is 1.00 bits per heavy atom. The summed E-state index contributed by atoms with van der Waals surface area (Å²) < 4.78 is 14.5. The van der Waals surface area contributed by atoms with Gasteiger partial charge in [0.2, 0.25) is 0 Å². The molecule has 3 aromatic heterocycles. The first-order chi connectivity index (χ1) is 16.9. The van der Waals surface area contributed by atoms with Gasteiger partial charge < -0.3 is 19.8 Å². The van der Waals surface area contributed by atoms with E-state index in [0.29, 0.717) is 12.3 Å². The van der Waals surface area contributed by atoms with Crippen LogP contribution in [-0.2, 0) is 33.7 Å². The molecule has 0 atom stereocenters. The maximum Gasteiger partial charge on any atom is 0.291 e. The van der Waals surface area contributed by atoms with Crippen LogP contribution in [0.5, 0.6) is 5.75 Å². The van der Waals surface area contributed by atoms with E-state index in [1.54, 1.807) is 37.1 Å². The molecular formula is C25H28N6O4. The Hall–Kier alpha value is -4.34. The van der Waals surface area contributed by atoms with Gasteiger partial charge in [0.25, 0.3) is 11.8 Å². The SMILES string of the molecule is CCCc1ccc(OCc2ccc(C(=O)Nc3cnn(C)c3C(=O)NCc3cnn(C)c3)o2)cc1. The topological polar surface area (TPSA) is 116 Å². The van der Waals surface area contributed by atoms with Gasteiger partial charge in [0.05, 0.1) is 18.1 Å². The maximum atomic E-state index is 12.7. The normalized spacial score (nSPS) is 10.8. The second kappa shape index (κ2) is 10.7. The first-order valence-corrected chi connectivity index (χ1v) is 11.3. The van der Waals surface area contributed by atoms with E-state index in [4.69, 9.17) is 9.15 Å². The summed E-state index contributed by atoms with van der Waals surface area (Å²) in [5.74, 6) is 0.475. The molecule has 10 heteroatoms. The largest absolute Gasteiger partial charge is 0.486 e. The maximum absolute atomic E-state index is 12.7. The molecule has 0 saturated heterocycles. The van der Waals surface area contributed by atoms with Gasteiger partial charge >= 0.3 is 0 Å². The third-order valence-electron chi connectivity index (χ3n) is 5.34. The number of ether oxygens (including phenoxy) is 1. The van der Waals surface area contributed by atoms with Gasteiger partial charge in [0.1, 0.15) is 23.8 Å². The lowest BCUT2D eigenvalue weighted by Gasteiger charge is -2.08. The molecule has 35 heavy (non-hydrogen) atoms. The van der Waals surface area contributed by atoms with Crippen molar-refractivity contribution in [3.63, 3.8) is 0 Å². The van der Waals surface area contributed by atoms with Gasteiger partial charge in [-0.15, -0.1) is 0 Å². The van der Waals surface area contributed by atoms with Crippen LogP contribution >= 0.6 is 0 Å². The lowest BCUT2D eigenvalue weighted by molar-refractivity contribution is 0.0942. The van der Waals surface area contributed by atoms with Gasteiger partial charge in [-0.05, 0) is 36.2 Å². The summed E-state index contributed by atoms with van der Waals surface area (Å²) in [6, 6.07) is 11.2.